The van der Waals surface area contributed by atoms with Gasteiger partial charge in [0.15, 0.2) is 0 Å². The highest BCUT2D eigenvalue weighted by atomic mass is 14.6. The van der Waals surface area contributed by atoms with Crippen molar-refractivity contribution in [3.05, 3.63) is 43.1 Å². The molecule has 0 aliphatic carbocycles. The minimum Gasteiger partial charge on any atom is -0.366 e. The standard InChI is InChI=1S/C9H8N/c1-7-2-3-8-5-10-6-9(8)4-7/h2-6,10H,1H2. The van der Waals surface area contributed by atoms with Crippen LogP contribution in [0.1, 0.15) is 5.56 Å². The van der Waals surface area contributed by atoms with Crippen molar-refractivity contribution in [2.75, 3.05) is 0 Å². The molecular formula is C9H8N. The third kappa shape index (κ3) is 0.711. The minimum atomic E-state index is 1.06. The SMILES string of the molecule is [CH2]c1ccc2c[nH]cc2c1. The number of nitrogens with one attached hydrogen (secondary N) is 1. The summed E-state index contributed by atoms with van der Waals surface area (Å²) >= 11 is 0. The molecule has 0 saturated carbocycles. The summed E-state index contributed by atoms with van der Waals surface area (Å²) in [5.41, 5.74) is 1.06. The fraction of sp³-hybridized carbons (Fsp3) is 0. The van der Waals surface area contributed by atoms with Crippen molar-refractivity contribution in [3.63, 3.8) is 0 Å². The van der Waals surface area contributed by atoms with Crippen LogP contribution in [0.3, 0.4) is 0 Å². The molecule has 2 rings (SSSR count). The van der Waals surface area contributed by atoms with Crippen LogP contribution in [0.15, 0.2) is 30.6 Å². The second-order valence-corrected chi connectivity index (χ2v) is 2.42. The molecule has 1 nitrogen and oxygen atoms in total. The van der Waals surface area contributed by atoms with Gasteiger partial charge in [0.05, 0.1) is 0 Å². The highest BCUT2D eigenvalue weighted by molar-refractivity contribution is 5.82. The normalized spacial score (nSPS) is 10.5. The zero-order valence-electron chi connectivity index (χ0n) is 5.59. The Bertz CT molecular complexity index is 346. The Labute approximate surface area is 59.7 Å². The molecule has 0 spiro atoms. The summed E-state index contributed by atoms with van der Waals surface area (Å²) in [5, 5.41) is 2.47. The van der Waals surface area contributed by atoms with Crippen LogP contribution in [0.4, 0.5) is 0 Å². The van der Waals surface area contributed by atoms with Crippen LogP contribution in [0, 0.1) is 6.92 Å². The van der Waals surface area contributed by atoms with E-state index >= 15 is 0 Å². The molecule has 1 N–H and O–H groups in total. The van der Waals surface area contributed by atoms with Crippen molar-refractivity contribution >= 4 is 10.8 Å². The zero-order valence-corrected chi connectivity index (χ0v) is 5.59. The lowest BCUT2D eigenvalue weighted by Crippen LogP contribution is -1.67. The third-order valence-corrected chi connectivity index (χ3v) is 1.63. The maximum absolute atomic E-state index is 3.84. The highest BCUT2D eigenvalue weighted by Crippen LogP contribution is 2.13. The number of aromatic nitrogens is 1. The summed E-state index contributed by atoms with van der Waals surface area (Å²) in [6.07, 6.45) is 3.96. The molecule has 0 unspecified atom stereocenters. The lowest BCUT2D eigenvalue weighted by Gasteiger charge is -1.89. The molecule has 1 aromatic carbocycles. The van der Waals surface area contributed by atoms with Gasteiger partial charge in [-0.2, -0.15) is 0 Å². The van der Waals surface area contributed by atoms with Crippen LogP contribution in [-0.2, 0) is 0 Å². The molecule has 0 fully saturated rings. The van der Waals surface area contributed by atoms with Crippen LogP contribution in [0.5, 0.6) is 0 Å². The molecule has 0 amide bonds. The maximum Gasteiger partial charge on any atom is 0.00844 e. The van der Waals surface area contributed by atoms with Crippen LogP contribution < -0.4 is 0 Å². The number of aromatic amines is 1. The van der Waals surface area contributed by atoms with Gasteiger partial charge in [0.25, 0.3) is 0 Å². The number of H-pyrrole nitrogens is 1. The fourth-order valence-corrected chi connectivity index (χ4v) is 1.10. The predicted molar refractivity (Wildman–Crippen MR) is 42.8 cm³/mol. The quantitative estimate of drug-likeness (QED) is 0.563. The fourth-order valence-electron chi connectivity index (χ4n) is 1.10. The van der Waals surface area contributed by atoms with Gasteiger partial charge >= 0.3 is 0 Å². The summed E-state index contributed by atoms with van der Waals surface area (Å²) < 4.78 is 0. The van der Waals surface area contributed by atoms with Crippen molar-refractivity contribution in [2.24, 2.45) is 0 Å². The van der Waals surface area contributed by atoms with Crippen LogP contribution >= 0.6 is 0 Å². The summed E-state index contributed by atoms with van der Waals surface area (Å²) in [4.78, 5) is 3.04. The first kappa shape index (κ1) is 5.54. The van der Waals surface area contributed by atoms with Gasteiger partial charge in [-0.1, -0.05) is 12.1 Å². The van der Waals surface area contributed by atoms with Crippen molar-refractivity contribution in [2.45, 2.75) is 0 Å². The average Bonchev–Trinajstić information content (AvgIpc) is 2.33. The second-order valence-electron chi connectivity index (χ2n) is 2.42. The van der Waals surface area contributed by atoms with Crippen molar-refractivity contribution < 1.29 is 0 Å². The Balaban J connectivity index is 2.86. The lowest BCUT2D eigenvalue weighted by molar-refractivity contribution is 1.43. The number of benzene rings is 1. The van der Waals surface area contributed by atoms with Crippen molar-refractivity contribution in [3.8, 4) is 0 Å². The third-order valence-electron chi connectivity index (χ3n) is 1.63. The zero-order chi connectivity index (χ0) is 6.97. The first-order chi connectivity index (χ1) is 4.86. The Morgan fingerprint density at radius 1 is 1.10 bits per heavy atom. The molecule has 49 valence electrons. The van der Waals surface area contributed by atoms with Gasteiger partial charge < -0.3 is 4.98 Å². The van der Waals surface area contributed by atoms with Gasteiger partial charge in [0.1, 0.15) is 0 Å². The average molecular weight is 130 g/mol. The molecular weight excluding hydrogens is 122 g/mol. The van der Waals surface area contributed by atoms with E-state index in [-0.39, 0.29) is 0 Å². The molecule has 0 atom stereocenters. The number of hydrogen-bond acceptors (Lipinski definition) is 0. The maximum atomic E-state index is 3.84. The molecule has 1 heterocycles. The first-order valence-corrected chi connectivity index (χ1v) is 3.25. The monoisotopic (exact) mass is 130 g/mol. The summed E-state index contributed by atoms with van der Waals surface area (Å²) in [6, 6.07) is 6.14. The predicted octanol–water partition coefficient (Wildman–Crippen LogP) is 2.35. The van der Waals surface area contributed by atoms with Gasteiger partial charge in [0, 0.05) is 12.4 Å². The van der Waals surface area contributed by atoms with Gasteiger partial charge in [-0.25, -0.2) is 0 Å². The van der Waals surface area contributed by atoms with E-state index in [0.717, 1.165) is 5.56 Å². The van der Waals surface area contributed by atoms with Crippen molar-refractivity contribution in [1.29, 1.82) is 0 Å². The molecule has 1 aromatic heterocycles. The van der Waals surface area contributed by atoms with Crippen LogP contribution in [-0.4, -0.2) is 4.98 Å². The Morgan fingerprint density at radius 3 is 2.80 bits per heavy atom. The summed E-state index contributed by atoms with van der Waals surface area (Å²) in [6.45, 7) is 3.84. The number of rotatable bonds is 0. The van der Waals surface area contributed by atoms with Gasteiger partial charge in [-0.3, -0.25) is 0 Å². The molecule has 2 aromatic rings. The Kier molecular flexibility index (Phi) is 1.04. The van der Waals surface area contributed by atoms with Crippen LogP contribution in [0.2, 0.25) is 0 Å². The van der Waals surface area contributed by atoms with E-state index in [1.807, 2.05) is 18.5 Å². The number of hydrogen-bond donors (Lipinski definition) is 1. The van der Waals surface area contributed by atoms with Crippen LogP contribution in [0.25, 0.3) is 10.8 Å². The lowest BCUT2D eigenvalue weighted by atomic mass is 10.1. The van der Waals surface area contributed by atoms with Gasteiger partial charge in [-0.15, -0.1) is 0 Å². The Morgan fingerprint density at radius 2 is 1.90 bits per heavy atom. The smallest absolute Gasteiger partial charge is 0.00844 e. The molecule has 0 aliphatic rings. The summed E-state index contributed by atoms with van der Waals surface area (Å²) in [5.74, 6) is 0. The summed E-state index contributed by atoms with van der Waals surface area (Å²) in [7, 11) is 0. The van der Waals surface area contributed by atoms with Gasteiger partial charge in [0.2, 0.25) is 0 Å². The van der Waals surface area contributed by atoms with Crippen molar-refractivity contribution in [1.82, 2.24) is 4.98 Å². The molecule has 1 radical (unpaired) electrons. The van der Waals surface area contributed by atoms with E-state index in [1.165, 1.54) is 10.8 Å². The van der Waals surface area contributed by atoms with E-state index in [4.69, 9.17) is 0 Å². The van der Waals surface area contributed by atoms with E-state index in [9.17, 15) is 0 Å². The number of fused-ring (bicyclic) bond motifs is 1. The van der Waals surface area contributed by atoms with E-state index in [0.29, 0.717) is 0 Å². The van der Waals surface area contributed by atoms with E-state index in [1.54, 1.807) is 0 Å². The highest BCUT2D eigenvalue weighted by Gasteiger charge is 1.91. The second kappa shape index (κ2) is 1.87. The molecule has 0 saturated heterocycles. The Hall–Kier alpha value is -1.24. The van der Waals surface area contributed by atoms with E-state index < -0.39 is 0 Å². The molecule has 1 heteroatoms. The first-order valence-electron chi connectivity index (χ1n) is 3.25. The van der Waals surface area contributed by atoms with Gasteiger partial charge in [-0.05, 0) is 29.3 Å². The minimum absolute atomic E-state index is 1.06. The molecule has 0 aliphatic heterocycles. The van der Waals surface area contributed by atoms with E-state index in [2.05, 4.69) is 24.0 Å². The topological polar surface area (TPSA) is 15.8 Å². The largest absolute Gasteiger partial charge is 0.366 e. The molecule has 0 bridgehead atoms. The molecule has 10 heavy (non-hydrogen) atoms.